The summed E-state index contributed by atoms with van der Waals surface area (Å²) in [6.07, 6.45) is 0. The average Bonchev–Trinajstić information content (AvgIpc) is 2.67. The van der Waals surface area contributed by atoms with E-state index in [0.717, 1.165) is 10.2 Å². The fraction of sp³-hybridized carbons (Fsp3) is 0. The smallest absolute Gasteiger partial charge is 0.182 e. The molecule has 1 aromatic heterocycles. The lowest BCUT2D eigenvalue weighted by atomic mass is 10.2. The maximum atomic E-state index is 13.6. The molecule has 96 valence electrons. The van der Waals surface area contributed by atoms with E-state index in [1.807, 2.05) is 24.3 Å². The molecule has 19 heavy (non-hydrogen) atoms. The fourth-order valence-corrected chi connectivity index (χ4v) is 2.69. The molecule has 0 aliphatic heterocycles. The first-order chi connectivity index (χ1) is 9.06. The van der Waals surface area contributed by atoms with Crippen LogP contribution in [0.5, 0.6) is 0 Å². The maximum absolute atomic E-state index is 13.6. The lowest BCUT2D eigenvalue weighted by Gasteiger charge is -2.05. The Kier molecular flexibility index (Phi) is 3.20. The zero-order chi connectivity index (χ0) is 13.6. The van der Waals surface area contributed by atoms with Crippen LogP contribution in [-0.2, 0) is 0 Å². The summed E-state index contributed by atoms with van der Waals surface area (Å²) in [7, 11) is 0. The molecule has 6 heteroatoms. The van der Waals surface area contributed by atoms with E-state index in [9.17, 15) is 4.39 Å². The molecule has 0 spiro atoms. The molecular formula is C13H7BrClFN2S. The van der Waals surface area contributed by atoms with E-state index in [0.29, 0.717) is 15.8 Å². The quantitative estimate of drug-likeness (QED) is 0.590. The Morgan fingerprint density at radius 3 is 2.58 bits per heavy atom. The van der Waals surface area contributed by atoms with Crippen molar-refractivity contribution < 1.29 is 4.39 Å². The van der Waals surface area contributed by atoms with Gasteiger partial charge < -0.3 is 4.98 Å². The average molecular weight is 358 g/mol. The van der Waals surface area contributed by atoms with Crippen molar-refractivity contribution in [2.24, 2.45) is 0 Å². The molecule has 0 atom stereocenters. The van der Waals surface area contributed by atoms with Crippen LogP contribution < -0.4 is 0 Å². The van der Waals surface area contributed by atoms with Crippen LogP contribution in [0.4, 0.5) is 4.39 Å². The second-order valence-electron chi connectivity index (χ2n) is 4.03. The molecule has 1 heterocycles. The summed E-state index contributed by atoms with van der Waals surface area (Å²) >= 11 is 14.4. The molecular weight excluding hydrogens is 351 g/mol. The van der Waals surface area contributed by atoms with E-state index >= 15 is 0 Å². The van der Waals surface area contributed by atoms with Crippen LogP contribution in [0.15, 0.2) is 40.9 Å². The third-order valence-electron chi connectivity index (χ3n) is 2.81. The molecule has 2 nitrogen and oxygen atoms in total. The Bertz CT molecular complexity index is 823. The number of aromatic nitrogens is 2. The number of H-pyrrole nitrogens is 1. The predicted octanol–water partition coefficient (Wildman–Crippen LogP) is 5.24. The van der Waals surface area contributed by atoms with Gasteiger partial charge in [-0.15, -0.1) is 0 Å². The number of benzene rings is 2. The van der Waals surface area contributed by atoms with Gasteiger partial charge in [-0.05, 0) is 42.5 Å². The highest BCUT2D eigenvalue weighted by Crippen LogP contribution is 2.25. The van der Waals surface area contributed by atoms with E-state index in [1.165, 1.54) is 12.1 Å². The molecule has 2 aromatic carbocycles. The summed E-state index contributed by atoms with van der Waals surface area (Å²) in [5.41, 5.74) is 2.23. The van der Waals surface area contributed by atoms with E-state index in [1.54, 1.807) is 4.57 Å². The van der Waals surface area contributed by atoms with E-state index in [-0.39, 0.29) is 5.02 Å². The van der Waals surface area contributed by atoms with Crippen LogP contribution in [0.25, 0.3) is 16.7 Å². The highest BCUT2D eigenvalue weighted by molar-refractivity contribution is 9.10. The number of rotatable bonds is 1. The minimum Gasteiger partial charge on any atom is -0.330 e. The Morgan fingerprint density at radius 2 is 1.89 bits per heavy atom. The van der Waals surface area contributed by atoms with Crippen molar-refractivity contribution >= 4 is 50.8 Å². The summed E-state index contributed by atoms with van der Waals surface area (Å²) in [5.74, 6) is -0.464. The first-order valence-corrected chi connectivity index (χ1v) is 7.00. The summed E-state index contributed by atoms with van der Waals surface area (Å²) in [6.45, 7) is 0. The molecule has 0 unspecified atom stereocenters. The molecule has 0 bridgehead atoms. The maximum Gasteiger partial charge on any atom is 0.182 e. The molecule has 0 saturated carbocycles. The second-order valence-corrected chi connectivity index (χ2v) is 5.74. The van der Waals surface area contributed by atoms with Gasteiger partial charge >= 0.3 is 0 Å². The molecule has 0 radical (unpaired) electrons. The van der Waals surface area contributed by atoms with Crippen molar-refractivity contribution in [3.05, 3.63) is 56.5 Å². The van der Waals surface area contributed by atoms with Gasteiger partial charge in [-0.2, -0.15) is 0 Å². The number of imidazole rings is 1. The monoisotopic (exact) mass is 356 g/mol. The molecule has 3 aromatic rings. The third-order valence-corrected chi connectivity index (χ3v) is 3.91. The van der Waals surface area contributed by atoms with Crippen molar-refractivity contribution in [2.45, 2.75) is 0 Å². The van der Waals surface area contributed by atoms with Gasteiger partial charge in [0, 0.05) is 16.2 Å². The minimum absolute atomic E-state index is 0.0757. The molecule has 0 aliphatic carbocycles. The van der Waals surface area contributed by atoms with E-state index in [2.05, 4.69) is 20.9 Å². The van der Waals surface area contributed by atoms with Crippen LogP contribution in [0.1, 0.15) is 0 Å². The van der Waals surface area contributed by atoms with Crippen molar-refractivity contribution in [2.75, 3.05) is 0 Å². The zero-order valence-corrected chi connectivity index (χ0v) is 12.6. The Hall–Kier alpha value is -1.17. The SMILES string of the molecule is Fc1cc2c(cc1Cl)[nH]c(=S)n2-c1ccc(Br)cc1. The second kappa shape index (κ2) is 4.74. The van der Waals surface area contributed by atoms with Gasteiger partial charge in [-0.25, -0.2) is 4.39 Å². The number of fused-ring (bicyclic) bond motifs is 1. The zero-order valence-electron chi connectivity index (χ0n) is 9.45. The molecule has 0 aliphatic rings. The fourth-order valence-electron chi connectivity index (χ4n) is 1.95. The van der Waals surface area contributed by atoms with Crippen molar-refractivity contribution in [1.29, 1.82) is 0 Å². The van der Waals surface area contributed by atoms with Crippen LogP contribution in [0, 0.1) is 10.6 Å². The van der Waals surface area contributed by atoms with E-state index < -0.39 is 5.82 Å². The lowest BCUT2D eigenvalue weighted by molar-refractivity contribution is 0.629. The molecule has 0 amide bonds. The highest BCUT2D eigenvalue weighted by Gasteiger charge is 2.10. The molecule has 1 N–H and O–H groups in total. The van der Waals surface area contributed by atoms with Crippen LogP contribution in [0.2, 0.25) is 5.02 Å². The van der Waals surface area contributed by atoms with Gasteiger partial charge in [-0.1, -0.05) is 27.5 Å². The van der Waals surface area contributed by atoms with E-state index in [4.69, 9.17) is 23.8 Å². The topological polar surface area (TPSA) is 20.7 Å². The minimum atomic E-state index is -0.464. The van der Waals surface area contributed by atoms with Crippen molar-refractivity contribution in [3.8, 4) is 5.69 Å². The number of nitrogens with zero attached hydrogens (tertiary/aromatic N) is 1. The summed E-state index contributed by atoms with van der Waals surface area (Å²) in [6, 6.07) is 10.5. The lowest BCUT2D eigenvalue weighted by Crippen LogP contribution is -1.93. The van der Waals surface area contributed by atoms with Gasteiger partial charge in [-0.3, -0.25) is 4.57 Å². The van der Waals surface area contributed by atoms with Crippen molar-refractivity contribution in [3.63, 3.8) is 0 Å². The summed E-state index contributed by atoms with van der Waals surface area (Å²) < 4.78 is 16.9. The molecule has 0 saturated heterocycles. The van der Waals surface area contributed by atoms with Gasteiger partial charge in [0.2, 0.25) is 0 Å². The van der Waals surface area contributed by atoms with Crippen LogP contribution in [0.3, 0.4) is 0 Å². The molecule has 3 rings (SSSR count). The number of hydrogen-bond acceptors (Lipinski definition) is 1. The van der Waals surface area contributed by atoms with Crippen LogP contribution >= 0.6 is 39.7 Å². The highest BCUT2D eigenvalue weighted by atomic mass is 79.9. The van der Waals surface area contributed by atoms with Crippen molar-refractivity contribution in [1.82, 2.24) is 9.55 Å². The normalized spacial score (nSPS) is 11.1. The summed E-state index contributed by atoms with van der Waals surface area (Å²) in [4.78, 5) is 3.02. The Morgan fingerprint density at radius 1 is 1.21 bits per heavy atom. The first-order valence-electron chi connectivity index (χ1n) is 5.42. The van der Waals surface area contributed by atoms with Gasteiger partial charge in [0.25, 0.3) is 0 Å². The largest absolute Gasteiger partial charge is 0.330 e. The number of hydrogen-bond donors (Lipinski definition) is 1. The predicted molar refractivity (Wildman–Crippen MR) is 81.1 cm³/mol. The Labute approximate surface area is 127 Å². The number of aromatic amines is 1. The first kappa shape index (κ1) is 12.8. The third kappa shape index (κ3) is 2.22. The van der Waals surface area contributed by atoms with Crippen LogP contribution in [-0.4, -0.2) is 9.55 Å². The molecule has 0 fully saturated rings. The Balaban J connectivity index is 2.34. The standard InChI is InChI=1S/C13H7BrClFN2S/c14-7-1-3-8(4-2-7)18-12-6-10(16)9(15)5-11(12)17-13(18)19/h1-6H,(H,17,19). The number of halogens is 3. The summed E-state index contributed by atoms with van der Waals surface area (Å²) in [5, 5.41) is 0.0757. The number of nitrogens with one attached hydrogen (secondary N) is 1. The van der Waals surface area contributed by atoms with Gasteiger partial charge in [0.1, 0.15) is 5.82 Å². The van der Waals surface area contributed by atoms with Gasteiger partial charge in [0.15, 0.2) is 4.77 Å². The van der Waals surface area contributed by atoms with Gasteiger partial charge in [0.05, 0.1) is 16.1 Å².